The van der Waals surface area contributed by atoms with E-state index in [0.717, 1.165) is 17.0 Å². The highest BCUT2D eigenvalue weighted by Crippen LogP contribution is 2.24. The van der Waals surface area contributed by atoms with E-state index in [-0.39, 0.29) is 0 Å². The largest absolute Gasteiger partial charge is 0.399 e. The molecule has 6 nitrogen and oxygen atoms in total. The van der Waals surface area contributed by atoms with Crippen LogP contribution in [-0.2, 0) is 0 Å². The van der Waals surface area contributed by atoms with Crippen molar-refractivity contribution in [1.82, 2.24) is 19.6 Å². The Morgan fingerprint density at radius 3 is 2.32 bits per heavy atom. The normalized spacial score (nSPS) is 11.1. The van der Waals surface area contributed by atoms with E-state index in [2.05, 4.69) is 15.2 Å². The average molecular weight is 254 g/mol. The maximum atomic E-state index is 5.82. The highest BCUT2D eigenvalue weighted by Gasteiger charge is 2.12. The van der Waals surface area contributed by atoms with Crippen molar-refractivity contribution in [2.24, 2.45) is 0 Å². The first-order valence-electron chi connectivity index (χ1n) is 5.90. The van der Waals surface area contributed by atoms with Gasteiger partial charge in [-0.3, -0.25) is 4.40 Å². The van der Waals surface area contributed by atoms with Crippen LogP contribution in [-0.4, -0.2) is 19.6 Å². The molecule has 0 unspecified atom stereocenters. The molecule has 0 saturated heterocycles. The summed E-state index contributed by atoms with van der Waals surface area (Å²) in [7, 11) is 0. The molecule has 96 valence electrons. The van der Waals surface area contributed by atoms with Gasteiger partial charge in [0.1, 0.15) is 0 Å². The smallest absolute Gasteiger partial charge is 0.255 e. The zero-order valence-electron chi connectivity index (χ0n) is 10.8. The van der Waals surface area contributed by atoms with Gasteiger partial charge >= 0.3 is 0 Å². The van der Waals surface area contributed by atoms with E-state index < -0.39 is 0 Å². The third-order valence-corrected chi connectivity index (χ3v) is 2.93. The Bertz CT molecular complexity index is 754. The molecule has 0 aliphatic carbocycles. The van der Waals surface area contributed by atoms with E-state index in [1.807, 2.05) is 36.4 Å². The lowest BCUT2D eigenvalue weighted by Crippen LogP contribution is -1.99. The predicted molar refractivity (Wildman–Crippen MR) is 74.5 cm³/mol. The van der Waals surface area contributed by atoms with Crippen LogP contribution in [0.15, 0.2) is 24.3 Å². The van der Waals surface area contributed by atoms with Gasteiger partial charge in [-0.05, 0) is 38.1 Å². The quantitative estimate of drug-likeness (QED) is 0.643. The highest BCUT2D eigenvalue weighted by atomic mass is 15.3. The SMILES string of the molecule is Cc1cc(C)n2c(-c3cc(N)cc(N)c3)nnc2n1. The van der Waals surface area contributed by atoms with E-state index in [4.69, 9.17) is 11.5 Å². The first-order valence-corrected chi connectivity index (χ1v) is 5.90. The topological polar surface area (TPSA) is 95.1 Å². The molecule has 0 fully saturated rings. The average Bonchev–Trinajstić information content (AvgIpc) is 2.71. The second kappa shape index (κ2) is 3.94. The maximum absolute atomic E-state index is 5.82. The van der Waals surface area contributed by atoms with Crippen molar-refractivity contribution in [3.8, 4) is 11.4 Å². The van der Waals surface area contributed by atoms with E-state index >= 15 is 0 Å². The molecule has 0 atom stereocenters. The minimum Gasteiger partial charge on any atom is -0.399 e. The Labute approximate surface area is 110 Å². The molecule has 0 amide bonds. The van der Waals surface area contributed by atoms with Crippen molar-refractivity contribution < 1.29 is 0 Å². The van der Waals surface area contributed by atoms with Crippen LogP contribution in [0.5, 0.6) is 0 Å². The zero-order chi connectivity index (χ0) is 13.6. The van der Waals surface area contributed by atoms with Crippen LogP contribution in [0.3, 0.4) is 0 Å². The van der Waals surface area contributed by atoms with Crippen molar-refractivity contribution >= 4 is 17.2 Å². The van der Waals surface area contributed by atoms with Crippen LogP contribution in [0.25, 0.3) is 17.2 Å². The van der Waals surface area contributed by atoms with Crippen LogP contribution in [0.4, 0.5) is 11.4 Å². The summed E-state index contributed by atoms with van der Waals surface area (Å²) in [6.45, 7) is 3.92. The van der Waals surface area contributed by atoms with Crippen molar-refractivity contribution in [2.45, 2.75) is 13.8 Å². The zero-order valence-corrected chi connectivity index (χ0v) is 10.8. The predicted octanol–water partition coefficient (Wildman–Crippen LogP) is 1.57. The number of hydrogen-bond acceptors (Lipinski definition) is 5. The first-order chi connectivity index (χ1) is 9.04. The number of nitrogens with zero attached hydrogens (tertiary/aromatic N) is 4. The summed E-state index contributed by atoms with van der Waals surface area (Å²) in [5, 5.41) is 8.29. The number of nitrogen functional groups attached to an aromatic ring is 2. The van der Waals surface area contributed by atoms with Gasteiger partial charge in [0.25, 0.3) is 5.78 Å². The third kappa shape index (κ3) is 1.87. The van der Waals surface area contributed by atoms with Gasteiger partial charge in [0.2, 0.25) is 0 Å². The summed E-state index contributed by atoms with van der Waals surface area (Å²) >= 11 is 0. The Balaban J connectivity index is 2.31. The minimum atomic E-state index is 0.577. The van der Waals surface area contributed by atoms with Crippen LogP contribution in [0.2, 0.25) is 0 Å². The molecule has 6 heteroatoms. The standard InChI is InChI=1S/C13H14N6/c1-7-3-8(2)19-12(17-18-13(19)16-7)9-4-10(14)6-11(15)5-9/h3-6H,14-15H2,1-2H3. The van der Waals surface area contributed by atoms with Gasteiger partial charge in [-0.2, -0.15) is 0 Å². The number of benzene rings is 1. The third-order valence-electron chi connectivity index (χ3n) is 2.93. The van der Waals surface area contributed by atoms with Gasteiger partial charge in [-0.1, -0.05) is 0 Å². The molecule has 0 aliphatic rings. The number of hydrogen-bond donors (Lipinski definition) is 2. The van der Waals surface area contributed by atoms with Gasteiger partial charge in [0.15, 0.2) is 5.82 Å². The van der Waals surface area contributed by atoms with Gasteiger partial charge in [0.05, 0.1) is 0 Å². The van der Waals surface area contributed by atoms with Crippen LogP contribution in [0.1, 0.15) is 11.4 Å². The molecular weight excluding hydrogens is 240 g/mol. The molecule has 0 aliphatic heterocycles. The van der Waals surface area contributed by atoms with E-state index in [1.54, 1.807) is 6.07 Å². The monoisotopic (exact) mass is 254 g/mol. The van der Waals surface area contributed by atoms with Crippen molar-refractivity contribution in [3.63, 3.8) is 0 Å². The number of aryl methyl sites for hydroxylation is 2. The number of aromatic nitrogens is 4. The van der Waals surface area contributed by atoms with Crippen molar-refractivity contribution in [3.05, 3.63) is 35.7 Å². The van der Waals surface area contributed by atoms with Gasteiger partial charge < -0.3 is 11.5 Å². The lowest BCUT2D eigenvalue weighted by Gasteiger charge is -2.06. The second-order valence-corrected chi connectivity index (χ2v) is 4.59. The van der Waals surface area contributed by atoms with Crippen molar-refractivity contribution in [1.29, 1.82) is 0 Å². The minimum absolute atomic E-state index is 0.577. The Kier molecular flexibility index (Phi) is 2.38. The molecule has 0 bridgehead atoms. The number of nitrogens with two attached hydrogens (primary N) is 2. The fraction of sp³-hybridized carbons (Fsp3) is 0.154. The second-order valence-electron chi connectivity index (χ2n) is 4.59. The molecule has 4 N–H and O–H groups in total. The fourth-order valence-corrected chi connectivity index (χ4v) is 2.22. The molecule has 3 rings (SSSR count). The number of anilines is 2. The summed E-state index contributed by atoms with van der Waals surface area (Å²) in [5.74, 6) is 1.27. The van der Waals surface area contributed by atoms with E-state index in [9.17, 15) is 0 Å². The Morgan fingerprint density at radius 1 is 0.947 bits per heavy atom. The van der Waals surface area contributed by atoms with Crippen molar-refractivity contribution in [2.75, 3.05) is 11.5 Å². The molecular formula is C13H14N6. The van der Waals surface area contributed by atoms with Gasteiger partial charge in [-0.25, -0.2) is 4.98 Å². The van der Waals surface area contributed by atoms with Crippen LogP contribution >= 0.6 is 0 Å². The molecule has 2 heterocycles. The van der Waals surface area contributed by atoms with E-state index in [0.29, 0.717) is 23.0 Å². The van der Waals surface area contributed by atoms with Crippen LogP contribution in [0, 0.1) is 13.8 Å². The Hall–Kier alpha value is -2.63. The lowest BCUT2D eigenvalue weighted by atomic mass is 10.1. The summed E-state index contributed by atoms with van der Waals surface area (Å²) in [5.41, 5.74) is 15.6. The molecule has 3 aromatic rings. The van der Waals surface area contributed by atoms with Gasteiger partial charge in [0, 0.05) is 28.3 Å². The number of rotatable bonds is 1. The maximum Gasteiger partial charge on any atom is 0.255 e. The van der Waals surface area contributed by atoms with Crippen LogP contribution < -0.4 is 11.5 Å². The molecule has 0 saturated carbocycles. The fourth-order valence-electron chi connectivity index (χ4n) is 2.22. The molecule has 0 spiro atoms. The molecule has 1 aromatic carbocycles. The van der Waals surface area contributed by atoms with Gasteiger partial charge in [-0.15, -0.1) is 10.2 Å². The highest BCUT2D eigenvalue weighted by molar-refractivity contribution is 5.69. The summed E-state index contributed by atoms with van der Waals surface area (Å²) in [4.78, 5) is 4.35. The molecule has 2 aromatic heterocycles. The van der Waals surface area contributed by atoms with E-state index in [1.165, 1.54) is 0 Å². The summed E-state index contributed by atoms with van der Waals surface area (Å²) in [6, 6.07) is 7.34. The number of fused-ring (bicyclic) bond motifs is 1. The summed E-state index contributed by atoms with van der Waals surface area (Å²) in [6.07, 6.45) is 0. The Morgan fingerprint density at radius 2 is 1.63 bits per heavy atom. The molecule has 0 radical (unpaired) electrons. The molecule has 19 heavy (non-hydrogen) atoms. The summed E-state index contributed by atoms with van der Waals surface area (Å²) < 4.78 is 1.89. The first kappa shape index (κ1) is 11.5. The lowest BCUT2D eigenvalue weighted by molar-refractivity contribution is 1.02.